The topological polar surface area (TPSA) is 60.9 Å². The number of hydrogen-bond donors (Lipinski definition) is 0. The Hall–Kier alpha value is -1.44. The highest BCUT2D eigenvalue weighted by molar-refractivity contribution is 7.90. The Balaban J connectivity index is 1.72. The van der Waals surface area contributed by atoms with E-state index in [1.165, 1.54) is 5.56 Å². The smallest absolute Gasteiger partial charge is 0.222 e. The van der Waals surface area contributed by atoms with Crippen LogP contribution in [0, 0.1) is 0 Å². The van der Waals surface area contributed by atoms with Gasteiger partial charge in [0.05, 0.1) is 11.3 Å². The van der Waals surface area contributed by atoms with Gasteiger partial charge in [-0.3, -0.25) is 4.79 Å². The molecule has 3 fully saturated rings. The van der Waals surface area contributed by atoms with Crippen LogP contribution in [0.4, 0.5) is 0 Å². The molecule has 1 aliphatic carbocycles. The van der Waals surface area contributed by atoms with E-state index < -0.39 is 10.0 Å². The van der Waals surface area contributed by atoms with Gasteiger partial charge < -0.3 is 9.80 Å². The van der Waals surface area contributed by atoms with Crippen LogP contribution < -0.4 is 0 Å². The molecular formula is C21H31N3O3S. The van der Waals surface area contributed by atoms with Crippen molar-refractivity contribution in [1.82, 2.24) is 14.1 Å². The SMILES string of the molecule is CN(C)CCN1CC2N(S(=O)(=O)C3CC3)CCC2(c2ccccc2)CCC1=O. The van der Waals surface area contributed by atoms with Crippen LogP contribution in [0.3, 0.4) is 0 Å². The highest BCUT2D eigenvalue weighted by Crippen LogP contribution is 2.48. The number of likely N-dealkylation sites (tertiary alicyclic amines) is 1. The molecule has 154 valence electrons. The minimum atomic E-state index is -3.29. The van der Waals surface area contributed by atoms with Gasteiger partial charge in [-0.1, -0.05) is 30.3 Å². The standard InChI is InChI=1S/C21H31N3O3S/c1-22(2)14-15-23-16-19-21(11-10-20(23)25,17-6-4-3-5-7-17)12-13-24(19)28(26,27)18-8-9-18/h3-7,18-19H,8-16H2,1-2H3. The van der Waals surface area contributed by atoms with Gasteiger partial charge in [0.1, 0.15) is 0 Å². The van der Waals surface area contributed by atoms with E-state index in [1.54, 1.807) is 4.31 Å². The zero-order chi connectivity index (χ0) is 19.9. The lowest BCUT2D eigenvalue weighted by atomic mass is 9.71. The molecule has 6 nitrogen and oxygen atoms in total. The van der Waals surface area contributed by atoms with Gasteiger partial charge in [0.25, 0.3) is 0 Å². The molecule has 2 heterocycles. The molecule has 1 aromatic carbocycles. The van der Waals surface area contributed by atoms with Crippen molar-refractivity contribution >= 4 is 15.9 Å². The number of amides is 1. The van der Waals surface area contributed by atoms with Crippen LogP contribution in [0.25, 0.3) is 0 Å². The first-order valence-corrected chi connectivity index (χ1v) is 11.8. The van der Waals surface area contributed by atoms with Gasteiger partial charge >= 0.3 is 0 Å². The first-order chi connectivity index (χ1) is 13.3. The Bertz CT molecular complexity index is 823. The molecule has 0 spiro atoms. The van der Waals surface area contributed by atoms with Gasteiger partial charge in [-0.2, -0.15) is 4.31 Å². The van der Waals surface area contributed by atoms with Gasteiger partial charge in [0, 0.05) is 38.0 Å². The molecule has 0 N–H and O–H groups in total. The summed E-state index contributed by atoms with van der Waals surface area (Å²) in [6.45, 7) is 2.48. The number of likely N-dealkylation sites (N-methyl/N-ethyl adjacent to an activating group) is 1. The summed E-state index contributed by atoms with van der Waals surface area (Å²) < 4.78 is 28.2. The molecule has 1 saturated carbocycles. The zero-order valence-corrected chi connectivity index (χ0v) is 17.7. The van der Waals surface area contributed by atoms with Crippen molar-refractivity contribution < 1.29 is 13.2 Å². The summed E-state index contributed by atoms with van der Waals surface area (Å²) in [4.78, 5) is 16.8. The molecular weight excluding hydrogens is 374 g/mol. The van der Waals surface area contributed by atoms with E-state index in [0.29, 0.717) is 26.1 Å². The number of carbonyl (C=O) groups is 1. The Kier molecular flexibility index (Phi) is 5.27. The van der Waals surface area contributed by atoms with E-state index in [-0.39, 0.29) is 22.6 Å². The van der Waals surface area contributed by atoms with Gasteiger partial charge in [-0.25, -0.2) is 8.42 Å². The average Bonchev–Trinajstić information content (AvgIpc) is 3.48. The van der Waals surface area contributed by atoms with Crippen LogP contribution in [-0.4, -0.2) is 80.0 Å². The van der Waals surface area contributed by atoms with E-state index >= 15 is 0 Å². The van der Waals surface area contributed by atoms with Gasteiger partial charge in [0.2, 0.25) is 15.9 Å². The summed E-state index contributed by atoms with van der Waals surface area (Å²) in [5.74, 6) is 0.148. The second kappa shape index (κ2) is 7.43. The Labute approximate surface area is 168 Å². The van der Waals surface area contributed by atoms with Gasteiger partial charge in [0.15, 0.2) is 0 Å². The summed E-state index contributed by atoms with van der Waals surface area (Å²) in [5, 5.41) is -0.215. The van der Waals surface area contributed by atoms with Crippen LogP contribution in [0.1, 0.15) is 37.7 Å². The van der Waals surface area contributed by atoms with Crippen molar-refractivity contribution in [2.75, 3.05) is 40.3 Å². The van der Waals surface area contributed by atoms with Crippen LogP contribution in [0.2, 0.25) is 0 Å². The molecule has 0 radical (unpaired) electrons. The number of nitrogens with zero attached hydrogens (tertiary/aromatic N) is 3. The highest BCUT2D eigenvalue weighted by atomic mass is 32.2. The van der Waals surface area contributed by atoms with Gasteiger partial charge in [-0.15, -0.1) is 0 Å². The summed E-state index contributed by atoms with van der Waals surface area (Å²) in [6.07, 6.45) is 3.54. The molecule has 28 heavy (non-hydrogen) atoms. The summed E-state index contributed by atoms with van der Waals surface area (Å²) in [5.41, 5.74) is 0.905. The lowest BCUT2D eigenvalue weighted by Gasteiger charge is -2.38. The lowest BCUT2D eigenvalue weighted by Crippen LogP contribution is -2.51. The third-order valence-electron chi connectivity index (χ3n) is 6.73. The molecule has 3 aliphatic rings. The monoisotopic (exact) mass is 405 g/mol. The summed E-state index contributed by atoms with van der Waals surface area (Å²) in [7, 11) is 0.707. The molecule has 1 aromatic rings. The minimum absolute atomic E-state index is 0.148. The molecule has 0 bridgehead atoms. The van der Waals surface area contributed by atoms with Crippen LogP contribution >= 0.6 is 0 Å². The van der Waals surface area contributed by atoms with Crippen molar-refractivity contribution in [3.8, 4) is 0 Å². The van der Waals surface area contributed by atoms with E-state index in [4.69, 9.17) is 0 Å². The maximum Gasteiger partial charge on any atom is 0.222 e. The highest BCUT2D eigenvalue weighted by Gasteiger charge is 2.56. The molecule has 2 saturated heterocycles. The number of rotatable bonds is 6. The predicted octanol–water partition coefficient (Wildman–Crippen LogP) is 1.67. The number of carbonyl (C=O) groups excluding carboxylic acids is 1. The maximum absolute atomic E-state index is 13.2. The summed E-state index contributed by atoms with van der Waals surface area (Å²) in [6, 6.07) is 10.1. The normalized spacial score (nSPS) is 29.2. The molecule has 0 aromatic heterocycles. The number of hydrogen-bond acceptors (Lipinski definition) is 4. The number of fused-ring (bicyclic) bond motifs is 1. The lowest BCUT2D eigenvalue weighted by molar-refractivity contribution is -0.131. The molecule has 1 amide bonds. The maximum atomic E-state index is 13.2. The second-order valence-corrected chi connectivity index (χ2v) is 11.0. The van der Waals surface area contributed by atoms with Crippen molar-refractivity contribution in [1.29, 1.82) is 0 Å². The Morgan fingerprint density at radius 2 is 1.86 bits per heavy atom. The van der Waals surface area contributed by atoms with Crippen LogP contribution in [0.15, 0.2) is 30.3 Å². The van der Waals surface area contributed by atoms with Crippen molar-refractivity contribution in [2.45, 2.75) is 48.8 Å². The van der Waals surface area contributed by atoms with Crippen LogP contribution in [-0.2, 0) is 20.2 Å². The Morgan fingerprint density at radius 3 is 2.50 bits per heavy atom. The zero-order valence-electron chi connectivity index (χ0n) is 16.9. The number of benzene rings is 1. The molecule has 2 unspecified atom stereocenters. The largest absolute Gasteiger partial charge is 0.340 e. The van der Waals surface area contributed by atoms with E-state index in [9.17, 15) is 13.2 Å². The molecule has 2 aliphatic heterocycles. The first kappa shape index (κ1) is 19.9. The Morgan fingerprint density at radius 1 is 1.14 bits per heavy atom. The third-order valence-corrected chi connectivity index (χ3v) is 9.14. The van der Waals surface area contributed by atoms with Gasteiger partial charge in [-0.05, 0) is 45.3 Å². The minimum Gasteiger partial charge on any atom is -0.340 e. The predicted molar refractivity (Wildman–Crippen MR) is 110 cm³/mol. The van der Waals surface area contributed by atoms with E-state index in [2.05, 4.69) is 17.0 Å². The second-order valence-electron chi connectivity index (χ2n) is 8.79. The molecule has 4 rings (SSSR count). The molecule has 7 heteroatoms. The number of sulfonamides is 1. The third kappa shape index (κ3) is 3.48. The quantitative estimate of drug-likeness (QED) is 0.722. The molecule has 2 atom stereocenters. The van der Waals surface area contributed by atoms with Crippen molar-refractivity contribution in [3.05, 3.63) is 35.9 Å². The summed E-state index contributed by atoms with van der Waals surface area (Å²) >= 11 is 0. The first-order valence-electron chi connectivity index (χ1n) is 10.3. The van der Waals surface area contributed by atoms with E-state index in [0.717, 1.165) is 32.2 Å². The fourth-order valence-electron chi connectivity index (χ4n) is 4.91. The fourth-order valence-corrected chi connectivity index (χ4v) is 7.00. The average molecular weight is 406 g/mol. The van der Waals surface area contributed by atoms with Crippen LogP contribution in [0.5, 0.6) is 0 Å². The van der Waals surface area contributed by atoms with Crippen molar-refractivity contribution in [2.24, 2.45) is 0 Å². The fraction of sp³-hybridized carbons (Fsp3) is 0.667. The van der Waals surface area contributed by atoms with Crippen molar-refractivity contribution in [3.63, 3.8) is 0 Å². The van der Waals surface area contributed by atoms with E-state index in [1.807, 2.05) is 37.2 Å².